The number of nitrogens with one attached hydrogen (secondary N) is 1. The van der Waals surface area contributed by atoms with Crippen molar-refractivity contribution in [2.24, 2.45) is 5.92 Å². The molecule has 0 aliphatic carbocycles. The molecule has 2 aliphatic heterocycles. The van der Waals surface area contributed by atoms with Crippen LogP contribution in [0.15, 0.2) is 12.4 Å². The zero-order valence-corrected chi connectivity index (χ0v) is 14.3. The first kappa shape index (κ1) is 16.0. The number of carbonyl (C=O) groups excluding carboxylic acids is 1. The van der Waals surface area contributed by atoms with Crippen LogP contribution in [-0.2, 0) is 26.1 Å². The average molecular weight is 344 g/mol. The highest BCUT2D eigenvalue weighted by Gasteiger charge is 2.24. The number of piperidine rings is 1. The summed E-state index contributed by atoms with van der Waals surface area (Å²) in [6.07, 6.45) is 9.00. The van der Waals surface area contributed by atoms with E-state index in [9.17, 15) is 4.79 Å². The van der Waals surface area contributed by atoms with E-state index in [0.717, 1.165) is 63.5 Å². The highest BCUT2D eigenvalue weighted by molar-refractivity contribution is 5.74. The third-order valence-electron chi connectivity index (χ3n) is 5.06. The van der Waals surface area contributed by atoms with Crippen molar-refractivity contribution in [3.05, 3.63) is 24.0 Å². The van der Waals surface area contributed by atoms with Crippen LogP contribution in [0.25, 0.3) is 0 Å². The molecule has 0 spiro atoms. The van der Waals surface area contributed by atoms with Gasteiger partial charge in [0, 0.05) is 38.8 Å². The maximum Gasteiger partial charge on any atom is 0.317 e. The molecule has 2 aromatic rings. The Labute approximate surface area is 146 Å². The SMILES string of the molecule is O=C(NCc1nnc2n1CCCC2)N1CCCC(Cn2ccnn2)C1. The van der Waals surface area contributed by atoms with Crippen molar-refractivity contribution in [1.29, 1.82) is 0 Å². The fraction of sp³-hybridized carbons (Fsp3) is 0.688. The normalized spacial score (nSPS) is 20.3. The van der Waals surface area contributed by atoms with E-state index in [-0.39, 0.29) is 6.03 Å². The minimum Gasteiger partial charge on any atom is -0.331 e. The monoisotopic (exact) mass is 344 g/mol. The van der Waals surface area contributed by atoms with Gasteiger partial charge in [-0.3, -0.25) is 4.68 Å². The molecule has 1 saturated heterocycles. The molecule has 0 radical (unpaired) electrons. The Morgan fingerprint density at radius 1 is 1.24 bits per heavy atom. The molecule has 4 heterocycles. The van der Waals surface area contributed by atoms with E-state index < -0.39 is 0 Å². The number of urea groups is 1. The van der Waals surface area contributed by atoms with Crippen LogP contribution >= 0.6 is 0 Å². The van der Waals surface area contributed by atoms with E-state index in [2.05, 4.69) is 30.4 Å². The number of fused-ring (bicyclic) bond motifs is 1. The largest absolute Gasteiger partial charge is 0.331 e. The van der Waals surface area contributed by atoms with Crippen molar-refractivity contribution in [2.45, 2.75) is 51.7 Å². The van der Waals surface area contributed by atoms with Gasteiger partial charge in [0.25, 0.3) is 0 Å². The fourth-order valence-corrected chi connectivity index (χ4v) is 3.76. The van der Waals surface area contributed by atoms with Crippen molar-refractivity contribution in [1.82, 2.24) is 40.0 Å². The molecule has 1 N–H and O–H groups in total. The second-order valence-electron chi connectivity index (χ2n) is 6.88. The molecule has 1 fully saturated rings. The van der Waals surface area contributed by atoms with Crippen LogP contribution in [0.4, 0.5) is 4.79 Å². The molecule has 9 nitrogen and oxygen atoms in total. The molecular weight excluding hydrogens is 320 g/mol. The average Bonchev–Trinajstić information content (AvgIpc) is 3.30. The molecule has 0 aromatic carbocycles. The molecule has 1 unspecified atom stereocenters. The topological polar surface area (TPSA) is 93.8 Å². The van der Waals surface area contributed by atoms with Gasteiger partial charge in [-0.15, -0.1) is 15.3 Å². The number of rotatable bonds is 4. The lowest BCUT2D eigenvalue weighted by atomic mass is 9.98. The Hall–Kier alpha value is -2.45. The van der Waals surface area contributed by atoms with Gasteiger partial charge >= 0.3 is 6.03 Å². The Morgan fingerprint density at radius 2 is 2.20 bits per heavy atom. The zero-order chi connectivity index (χ0) is 17.1. The van der Waals surface area contributed by atoms with Gasteiger partial charge in [-0.05, 0) is 31.6 Å². The van der Waals surface area contributed by atoms with Crippen molar-refractivity contribution < 1.29 is 4.79 Å². The van der Waals surface area contributed by atoms with Gasteiger partial charge < -0.3 is 14.8 Å². The van der Waals surface area contributed by atoms with Crippen LogP contribution in [0.2, 0.25) is 0 Å². The van der Waals surface area contributed by atoms with Crippen LogP contribution < -0.4 is 5.32 Å². The van der Waals surface area contributed by atoms with Crippen molar-refractivity contribution >= 4 is 6.03 Å². The first-order valence-electron chi connectivity index (χ1n) is 9.07. The van der Waals surface area contributed by atoms with Crippen molar-refractivity contribution in [3.8, 4) is 0 Å². The van der Waals surface area contributed by atoms with E-state index >= 15 is 0 Å². The molecule has 134 valence electrons. The number of likely N-dealkylation sites (tertiary alicyclic amines) is 1. The van der Waals surface area contributed by atoms with Gasteiger partial charge in [-0.2, -0.15) is 0 Å². The quantitative estimate of drug-likeness (QED) is 0.886. The molecule has 0 bridgehead atoms. The van der Waals surface area contributed by atoms with Gasteiger partial charge in [0.15, 0.2) is 5.82 Å². The molecule has 9 heteroatoms. The van der Waals surface area contributed by atoms with Gasteiger partial charge in [0.05, 0.1) is 12.7 Å². The van der Waals surface area contributed by atoms with Gasteiger partial charge in [-0.1, -0.05) is 5.21 Å². The number of amides is 2. The summed E-state index contributed by atoms with van der Waals surface area (Å²) in [5.74, 6) is 2.32. The molecule has 2 aromatic heterocycles. The third kappa shape index (κ3) is 3.64. The number of carbonyl (C=O) groups is 1. The summed E-state index contributed by atoms with van der Waals surface area (Å²) in [5, 5.41) is 19.3. The zero-order valence-electron chi connectivity index (χ0n) is 14.3. The van der Waals surface area contributed by atoms with Crippen molar-refractivity contribution in [3.63, 3.8) is 0 Å². The number of aromatic nitrogens is 6. The highest BCUT2D eigenvalue weighted by Crippen LogP contribution is 2.18. The summed E-state index contributed by atoms with van der Waals surface area (Å²) in [6.45, 7) is 3.76. The maximum atomic E-state index is 12.5. The first-order valence-corrected chi connectivity index (χ1v) is 9.07. The summed E-state index contributed by atoms with van der Waals surface area (Å²) in [4.78, 5) is 14.4. The second-order valence-corrected chi connectivity index (χ2v) is 6.88. The lowest BCUT2D eigenvalue weighted by Gasteiger charge is -2.32. The molecule has 25 heavy (non-hydrogen) atoms. The van der Waals surface area contributed by atoms with Gasteiger partial charge in [0.1, 0.15) is 5.82 Å². The lowest BCUT2D eigenvalue weighted by Crippen LogP contribution is -2.46. The van der Waals surface area contributed by atoms with E-state index in [1.54, 1.807) is 6.20 Å². The fourth-order valence-electron chi connectivity index (χ4n) is 3.76. The van der Waals surface area contributed by atoms with Crippen molar-refractivity contribution in [2.75, 3.05) is 13.1 Å². The van der Waals surface area contributed by atoms with Gasteiger partial charge in [-0.25, -0.2) is 4.79 Å². The number of aryl methyl sites for hydroxylation is 1. The Bertz CT molecular complexity index is 710. The summed E-state index contributed by atoms with van der Waals surface area (Å²) in [5.41, 5.74) is 0. The summed E-state index contributed by atoms with van der Waals surface area (Å²) < 4.78 is 3.99. The maximum absolute atomic E-state index is 12.5. The highest BCUT2D eigenvalue weighted by atomic mass is 16.2. The predicted molar refractivity (Wildman–Crippen MR) is 89.5 cm³/mol. The lowest BCUT2D eigenvalue weighted by molar-refractivity contribution is 0.157. The summed E-state index contributed by atoms with van der Waals surface area (Å²) in [7, 11) is 0. The minimum absolute atomic E-state index is 0.0172. The number of hydrogen-bond donors (Lipinski definition) is 1. The summed E-state index contributed by atoms with van der Waals surface area (Å²) >= 11 is 0. The van der Waals surface area contributed by atoms with E-state index in [4.69, 9.17) is 0 Å². The predicted octanol–water partition coefficient (Wildman–Crippen LogP) is 0.828. The number of hydrogen-bond acceptors (Lipinski definition) is 5. The molecule has 2 amide bonds. The minimum atomic E-state index is -0.0172. The first-order chi connectivity index (χ1) is 12.3. The smallest absolute Gasteiger partial charge is 0.317 e. The standard InChI is InChI=1S/C16H24N8O/c25-16(17-10-15-20-19-14-5-1-2-8-24(14)15)22-7-3-4-13(11-22)12-23-9-6-18-21-23/h6,9,13H,1-5,7-8,10-12H2,(H,17,25). The molecule has 0 saturated carbocycles. The Morgan fingerprint density at radius 3 is 3.08 bits per heavy atom. The molecule has 1 atom stereocenters. The Balaban J connectivity index is 1.31. The van der Waals surface area contributed by atoms with Crippen LogP contribution in [0, 0.1) is 5.92 Å². The van der Waals surface area contributed by atoms with E-state index in [1.807, 2.05) is 15.8 Å². The second kappa shape index (κ2) is 7.20. The van der Waals surface area contributed by atoms with Crippen LogP contribution in [0.5, 0.6) is 0 Å². The number of nitrogens with zero attached hydrogens (tertiary/aromatic N) is 7. The van der Waals surface area contributed by atoms with Gasteiger partial charge in [0.2, 0.25) is 0 Å². The van der Waals surface area contributed by atoms with Crippen LogP contribution in [0.1, 0.15) is 37.3 Å². The molecular formula is C16H24N8O. The van der Waals surface area contributed by atoms with E-state index in [0.29, 0.717) is 12.5 Å². The molecule has 2 aliphatic rings. The van der Waals surface area contributed by atoms with Crippen LogP contribution in [0.3, 0.4) is 0 Å². The van der Waals surface area contributed by atoms with E-state index in [1.165, 1.54) is 6.42 Å². The Kier molecular flexibility index (Phi) is 4.62. The summed E-state index contributed by atoms with van der Waals surface area (Å²) in [6, 6.07) is -0.0172. The van der Waals surface area contributed by atoms with Crippen LogP contribution in [-0.4, -0.2) is 53.8 Å². The third-order valence-corrected chi connectivity index (χ3v) is 5.06. The molecule has 4 rings (SSSR count).